The molecule has 0 amide bonds. The molecule has 0 aliphatic carbocycles. The summed E-state index contributed by atoms with van der Waals surface area (Å²) in [7, 11) is 0. The smallest absolute Gasteiger partial charge is 0.446 e. The average molecular weight is 294 g/mol. The fraction of sp³-hybridized carbons (Fsp3) is 0.417. The largest absolute Gasteiger partial charge is 0.488 e. The molecule has 20 heavy (non-hydrogen) atoms. The van der Waals surface area contributed by atoms with Crippen LogP contribution >= 0.6 is 0 Å². The maximum Gasteiger partial charge on any atom is 0.446 e. The van der Waals surface area contributed by atoms with Crippen LogP contribution in [0.4, 0.5) is 13.2 Å². The molecule has 1 rings (SSSR count). The summed E-state index contributed by atoms with van der Waals surface area (Å²) in [6.07, 6.45) is -5.22. The summed E-state index contributed by atoms with van der Waals surface area (Å²) in [5.41, 5.74) is 0.203. The van der Waals surface area contributed by atoms with Gasteiger partial charge in [0.05, 0.1) is 12.2 Å². The van der Waals surface area contributed by atoms with Crippen molar-refractivity contribution in [1.29, 1.82) is 0 Å². The fourth-order valence-electron chi connectivity index (χ4n) is 1.17. The molecule has 112 valence electrons. The number of alkyl halides is 3. The molecule has 8 heteroatoms. The highest BCUT2D eigenvalue weighted by atomic mass is 19.4. The number of benzene rings is 1. The van der Waals surface area contributed by atoms with Crippen molar-refractivity contribution < 1.29 is 37.7 Å². The second-order valence-corrected chi connectivity index (χ2v) is 3.85. The monoisotopic (exact) mass is 294 g/mol. The Hall–Kier alpha value is -1.80. The third-order valence-electron chi connectivity index (χ3n) is 2.26. The van der Waals surface area contributed by atoms with E-state index in [9.17, 15) is 18.0 Å². The Labute approximate surface area is 112 Å². The zero-order chi connectivity index (χ0) is 15.4. The number of rotatable bonds is 5. The van der Waals surface area contributed by atoms with Crippen LogP contribution in [-0.4, -0.2) is 41.4 Å². The molecular weight excluding hydrogens is 281 g/mol. The van der Waals surface area contributed by atoms with Crippen LogP contribution in [0.2, 0.25) is 0 Å². The second-order valence-electron chi connectivity index (χ2n) is 3.85. The summed E-state index contributed by atoms with van der Waals surface area (Å²) in [5.74, 6) is -4.56. The number of halogens is 3. The number of hydrogen-bond donors (Lipinski definition) is 2. The number of hydrogen-bond acceptors (Lipinski definition) is 5. The molecule has 1 aromatic rings. The van der Waals surface area contributed by atoms with Gasteiger partial charge in [-0.25, -0.2) is 4.79 Å². The summed E-state index contributed by atoms with van der Waals surface area (Å²) in [6.45, 7) is 0.448. The Balaban J connectivity index is 2.65. The summed E-state index contributed by atoms with van der Waals surface area (Å²) in [5, 5.41) is 17.5. The SMILES string of the molecule is CCOC(=O)c1ccc(OCC(O)(O)C(F)(F)F)cc1. The molecule has 5 nitrogen and oxygen atoms in total. The van der Waals surface area contributed by atoms with Crippen LogP contribution in [0.15, 0.2) is 24.3 Å². The maximum absolute atomic E-state index is 12.1. The second kappa shape index (κ2) is 6.10. The Kier molecular flexibility index (Phi) is 4.96. The normalized spacial score (nSPS) is 12.1. The number of aliphatic hydroxyl groups is 2. The minimum absolute atomic E-state index is 0.0465. The molecule has 0 bridgehead atoms. The van der Waals surface area contributed by atoms with E-state index >= 15 is 0 Å². The van der Waals surface area contributed by atoms with Crippen LogP contribution in [0.3, 0.4) is 0 Å². The molecule has 0 aliphatic heterocycles. The summed E-state index contributed by atoms with van der Waals surface area (Å²) in [4.78, 5) is 11.3. The van der Waals surface area contributed by atoms with Crippen molar-refractivity contribution in [1.82, 2.24) is 0 Å². The number of esters is 1. The summed E-state index contributed by atoms with van der Waals surface area (Å²) >= 11 is 0. The standard InChI is InChI=1S/C12H13F3O5/c1-2-19-10(16)8-3-5-9(6-4-8)20-7-11(17,18)12(13,14)15/h3-6,17-18H,2,7H2,1H3. The number of ether oxygens (including phenoxy) is 2. The summed E-state index contributed by atoms with van der Waals surface area (Å²) in [6, 6.07) is 5.02. The Bertz CT molecular complexity index is 453. The van der Waals surface area contributed by atoms with Gasteiger partial charge in [0, 0.05) is 0 Å². The van der Waals surface area contributed by atoms with Crippen LogP contribution in [0.25, 0.3) is 0 Å². The molecular formula is C12H13F3O5. The molecule has 0 saturated carbocycles. The van der Waals surface area contributed by atoms with Gasteiger partial charge in [0.15, 0.2) is 6.61 Å². The van der Waals surface area contributed by atoms with Crippen molar-refractivity contribution in [3.63, 3.8) is 0 Å². The molecule has 0 radical (unpaired) electrons. The van der Waals surface area contributed by atoms with E-state index in [1.807, 2.05) is 0 Å². The molecule has 0 fully saturated rings. The van der Waals surface area contributed by atoms with E-state index in [1.54, 1.807) is 6.92 Å². The van der Waals surface area contributed by atoms with E-state index < -0.39 is 24.5 Å². The lowest BCUT2D eigenvalue weighted by Gasteiger charge is -2.24. The van der Waals surface area contributed by atoms with Crippen molar-refractivity contribution in [3.05, 3.63) is 29.8 Å². The predicted molar refractivity (Wildman–Crippen MR) is 61.1 cm³/mol. The summed E-state index contributed by atoms with van der Waals surface area (Å²) < 4.78 is 45.8. The molecule has 0 heterocycles. The Morgan fingerprint density at radius 2 is 1.75 bits per heavy atom. The van der Waals surface area contributed by atoms with Gasteiger partial charge >= 0.3 is 12.1 Å². The van der Waals surface area contributed by atoms with Crippen molar-refractivity contribution >= 4 is 5.97 Å². The van der Waals surface area contributed by atoms with Crippen LogP contribution in [0, 0.1) is 0 Å². The molecule has 0 spiro atoms. The van der Waals surface area contributed by atoms with Gasteiger partial charge in [0.1, 0.15) is 5.75 Å². The van der Waals surface area contributed by atoms with E-state index in [4.69, 9.17) is 14.9 Å². The number of carbonyl (C=O) groups excluding carboxylic acids is 1. The van der Waals surface area contributed by atoms with Gasteiger partial charge in [-0.1, -0.05) is 0 Å². The van der Waals surface area contributed by atoms with E-state index in [-0.39, 0.29) is 17.9 Å². The molecule has 2 N–H and O–H groups in total. The minimum Gasteiger partial charge on any atom is -0.488 e. The Morgan fingerprint density at radius 3 is 2.20 bits per heavy atom. The van der Waals surface area contributed by atoms with Gasteiger partial charge in [0.25, 0.3) is 5.79 Å². The zero-order valence-electron chi connectivity index (χ0n) is 10.5. The molecule has 1 aromatic carbocycles. The Morgan fingerprint density at radius 1 is 1.20 bits per heavy atom. The van der Waals surface area contributed by atoms with Gasteiger partial charge in [-0.3, -0.25) is 0 Å². The van der Waals surface area contributed by atoms with E-state index in [0.29, 0.717) is 0 Å². The van der Waals surface area contributed by atoms with E-state index in [1.165, 1.54) is 24.3 Å². The van der Waals surface area contributed by atoms with Gasteiger partial charge < -0.3 is 19.7 Å². The van der Waals surface area contributed by atoms with E-state index in [0.717, 1.165) is 0 Å². The average Bonchev–Trinajstić information content (AvgIpc) is 2.36. The lowest BCUT2D eigenvalue weighted by Crippen LogP contribution is -2.49. The van der Waals surface area contributed by atoms with Crippen molar-refractivity contribution in [2.75, 3.05) is 13.2 Å². The lowest BCUT2D eigenvalue weighted by molar-refractivity contribution is -0.355. The highest BCUT2D eigenvalue weighted by Gasteiger charge is 2.53. The van der Waals surface area contributed by atoms with Crippen LogP contribution in [0.5, 0.6) is 5.75 Å². The van der Waals surface area contributed by atoms with Crippen molar-refractivity contribution in [2.45, 2.75) is 18.9 Å². The molecule has 0 atom stereocenters. The fourth-order valence-corrected chi connectivity index (χ4v) is 1.17. The first-order valence-corrected chi connectivity index (χ1v) is 5.59. The lowest BCUT2D eigenvalue weighted by atomic mass is 10.2. The van der Waals surface area contributed by atoms with Gasteiger partial charge in [0.2, 0.25) is 0 Å². The minimum atomic E-state index is -5.22. The van der Waals surface area contributed by atoms with Crippen LogP contribution in [-0.2, 0) is 4.74 Å². The first-order valence-electron chi connectivity index (χ1n) is 5.59. The molecule has 0 aliphatic rings. The maximum atomic E-state index is 12.1. The first-order chi connectivity index (χ1) is 9.17. The topological polar surface area (TPSA) is 76.0 Å². The van der Waals surface area contributed by atoms with Gasteiger partial charge in [-0.15, -0.1) is 0 Å². The van der Waals surface area contributed by atoms with Crippen LogP contribution < -0.4 is 4.74 Å². The zero-order valence-corrected chi connectivity index (χ0v) is 10.5. The van der Waals surface area contributed by atoms with Gasteiger partial charge in [-0.2, -0.15) is 13.2 Å². The van der Waals surface area contributed by atoms with Crippen LogP contribution in [0.1, 0.15) is 17.3 Å². The van der Waals surface area contributed by atoms with E-state index in [2.05, 4.69) is 4.74 Å². The quantitative estimate of drug-likeness (QED) is 0.635. The number of carbonyl (C=O) groups is 1. The molecule has 0 unspecified atom stereocenters. The van der Waals surface area contributed by atoms with Crippen molar-refractivity contribution in [3.8, 4) is 5.75 Å². The molecule has 0 aromatic heterocycles. The van der Waals surface area contributed by atoms with Crippen molar-refractivity contribution in [2.24, 2.45) is 0 Å². The highest BCUT2D eigenvalue weighted by Crippen LogP contribution is 2.28. The van der Waals surface area contributed by atoms with Gasteiger partial charge in [-0.05, 0) is 31.2 Å². The molecule has 0 saturated heterocycles. The third-order valence-corrected chi connectivity index (χ3v) is 2.26. The third kappa shape index (κ3) is 4.10. The first kappa shape index (κ1) is 16.3. The predicted octanol–water partition coefficient (Wildman–Crippen LogP) is 1.49. The highest BCUT2D eigenvalue weighted by molar-refractivity contribution is 5.89.